The van der Waals surface area contributed by atoms with Gasteiger partial charge in [-0.2, -0.15) is 5.10 Å². The number of hydrogen-bond donors (Lipinski definition) is 2. The summed E-state index contributed by atoms with van der Waals surface area (Å²) in [6.45, 7) is 2.86. The van der Waals surface area contributed by atoms with Crippen molar-refractivity contribution in [3.8, 4) is 0 Å². The molecule has 0 amide bonds. The number of hydrogen-bond acceptors (Lipinski definition) is 3. The normalized spacial score (nSPS) is 10.1. The van der Waals surface area contributed by atoms with Crippen molar-refractivity contribution < 1.29 is 4.74 Å². The highest BCUT2D eigenvalue weighted by Crippen LogP contribution is 1.85. The van der Waals surface area contributed by atoms with Crippen LogP contribution in [0.15, 0.2) is 4.79 Å². The van der Waals surface area contributed by atoms with Crippen LogP contribution in [0.4, 0.5) is 0 Å². The molecule has 0 aliphatic rings. The Labute approximate surface area is 57.4 Å². The molecule has 1 aromatic rings. The van der Waals surface area contributed by atoms with E-state index in [9.17, 15) is 4.79 Å². The molecular weight excluding hydrogens is 134 g/mol. The number of nitrogens with zero attached hydrogens (tertiary/aromatic N) is 1. The highest BCUT2D eigenvalue weighted by atomic mass is 16.5. The van der Waals surface area contributed by atoms with Gasteiger partial charge in [0, 0.05) is 6.61 Å². The second-order valence-electron chi connectivity index (χ2n) is 1.76. The summed E-state index contributed by atoms with van der Waals surface area (Å²) in [6.07, 6.45) is 0. The van der Waals surface area contributed by atoms with Crippen LogP contribution < -0.4 is 5.69 Å². The minimum absolute atomic E-state index is 0.297. The number of nitrogens with one attached hydrogen (secondary N) is 2. The van der Waals surface area contributed by atoms with Crippen molar-refractivity contribution in [3.05, 3.63) is 16.3 Å². The fourth-order valence-corrected chi connectivity index (χ4v) is 0.572. The van der Waals surface area contributed by atoms with E-state index < -0.39 is 0 Å². The lowest BCUT2D eigenvalue weighted by molar-refractivity contribution is 0.128. The van der Waals surface area contributed by atoms with E-state index in [0.717, 1.165) is 0 Å². The first kappa shape index (κ1) is 7.01. The molecule has 0 atom stereocenters. The van der Waals surface area contributed by atoms with E-state index in [0.29, 0.717) is 19.0 Å². The summed E-state index contributed by atoms with van der Waals surface area (Å²) in [5, 5.41) is 5.87. The fourth-order valence-electron chi connectivity index (χ4n) is 0.572. The number of aromatic amines is 2. The van der Waals surface area contributed by atoms with E-state index in [4.69, 9.17) is 4.74 Å². The third-order valence-corrected chi connectivity index (χ3v) is 0.993. The third kappa shape index (κ3) is 1.70. The Morgan fingerprint density at radius 3 is 3.00 bits per heavy atom. The molecule has 2 N–H and O–H groups in total. The van der Waals surface area contributed by atoms with Gasteiger partial charge in [0.25, 0.3) is 0 Å². The van der Waals surface area contributed by atoms with E-state index in [-0.39, 0.29) is 5.69 Å². The first-order chi connectivity index (χ1) is 4.83. The summed E-state index contributed by atoms with van der Waals surface area (Å²) in [4.78, 5) is 12.9. The molecule has 1 aromatic heterocycles. The SMILES string of the molecule is CCOCc1n[nH]c(=O)[nH]1. The monoisotopic (exact) mass is 143 g/mol. The largest absolute Gasteiger partial charge is 0.374 e. The maximum absolute atomic E-state index is 10.4. The zero-order valence-electron chi connectivity index (χ0n) is 5.68. The fraction of sp³-hybridized carbons (Fsp3) is 0.600. The van der Waals surface area contributed by atoms with Crippen molar-refractivity contribution in [2.75, 3.05) is 6.61 Å². The molecule has 1 heterocycles. The average Bonchev–Trinajstić information content (AvgIpc) is 2.31. The Morgan fingerprint density at radius 2 is 2.50 bits per heavy atom. The molecule has 0 spiro atoms. The molecule has 0 fully saturated rings. The summed E-state index contributed by atoms with van der Waals surface area (Å²) in [5.74, 6) is 0.534. The summed E-state index contributed by atoms with van der Waals surface area (Å²) in [5.41, 5.74) is -0.297. The predicted octanol–water partition coefficient (Wildman–Crippen LogP) is -0.366. The Hall–Kier alpha value is -1.10. The molecule has 0 aliphatic carbocycles. The first-order valence-electron chi connectivity index (χ1n) is 3.04. The molecule has 0 bridgehead atoms. The summed E-state index contributed by atoms with van der Waals surface area (Å²) < 4.78 is 4.98. The van der Waals surface area contributed by atoms with E-state index >= 15 is 0 Å². The average molecular weight is 143 g/mol. The maximum atomic E-state index is 10.4. The lowest BCUT2D eigenvalue weighted by atomic mass is 10.7. The molecule has 5 heteroatoms. The van der Waals surface area contributed by atoms with E-state index in [1.165, 1.54) is 0 Å². The lowest BCUT2D eigenvalue weighted by Gasteiger charge is -1.92. The second kappa shape index (κ2) is 3.17. The standard InChI is InChI=1S/C5H9N3O2/c1-2-10-3-4-6-5(9)8-7-4/h2-3H2,1H3,(H2,6,7,8,9). The summed E-state index contributed by atoms with van der Waals surface area (Å²) >= 11 is 0. The molecule has 0 saturated heterocycles. The molecule has 0 radical (unpaired) electrons. The van der Waals surface area contributed by atoms with Gasteiger partial charge in [-0.1, -0.05) is 0 Å². The van der Waals surface area contributed by atoms with Gasteiger partial charge in [-0.25, -0.2) is 9.89 Å². The van der Waals surface area contributed by atoms with Crippen LogP contribution in [0.2, 0.25) is 0 Å². The van der Waals surface area contributed by atoms with Gasteiger partial charge < -0.3 is 4.74 Å². The zero-order chi connectivity index (χ0) is 7.40. The molecule has 0 unspecified atom stereocenters. The molecule has 0 aliphatic heterocycles. The smallest absolute Gasteiger partial charge is 0.340 e. The van der Waals surface area contributed by atoms with Crippen LogP contribution >= 0.6 is 0 Å². The summed E-state index contributed by atoms with van der Waals surface area (Å²) in [6, 6.07) is 0. The lowest BCUT2D eigenvalue weighted by Crippen LogP contribution is -2.01. The Kier molecular flexibility index (Phi) is 2.22. The van der Waals surface area contributed by atoms with Crippen LogP contribution in [0.1, 0.15) is 12.7 Å². The van der Waals surface area contributed by atoms with E-state index in [1.54, 1.807) is 0 Å². The van der Waals surface area contributed by atoms with Crippen molar-refractivity contribution in [2.45, 2.75) is 13.5 Å². The third-order valence-electron chi connectivity index (χ3n) is 0.993. The highest BCUT2D eigenvalue weighted by molar-refractivity contribution is 4.75. The minimum Gasteiger partial charge on any atom is -0.374 e. The van der Waals surface area contributed by atoms with Crippen molar-refractivity contribution in [1.82, 2.24) is 15.2 Å². The van der Waals surface area contributed by atoms with E-state index in [1.807, 2.05) is 6.92 Å². The number of rotatable bonds is 3. The van der Waals surface area contributed by atoms with Crippen molar-refractivity contribution in [1.29, 1.82) is 0 Å². The van der Waals surface area contributed by atoms with Gasteiger partial charge in [-0.05, 0) is 6.92 Å². The van der Waals surface area contributed by atoms with E-state index in [2.05, 4.69) is 15.2 Å². The van der Waals surface area contributed by atoms with Crippen molar-refractivity contribution in [3.63, 3.8) is 0 Å². The maximum Gasteiger partial charge on any atom is 0.340 e. The second-order valence-corrected chi connectivity index (χ2v) is 1.76. The van der Waals surface area contributed by atoms with Crippen LogP contribution in [0.3, 0.4) is 0 Å². The molecule has 0 saturated carbocycles. The number of aromatic nitrogens is 3. The topological polar surface area (TPSA) is 70.8 Å². The highest BCUT2D eigenvalue weighted by Gasteiger charge is 1.94. The molecule has 5 nitrogen and oxygen atoms in total. The zero-order valence-corrected chi connectivity index (χ0v) is 5.68. The number of H-pyrrole nitrogens is 2. The molecular formula is C5H9N3O2. The molecule has 10 heavy (non-hydrogen) atoms. The van der Waals surface area contributed by atoms with Gasteiger partial charge in [-0.3, -0.25) is 4.98 Å². The van der Waals surface area contributed by atoms with Crippen LogP contribution in [0.5, 0.6) is 0 Å². The Bertz CT molecular complexity index is 239. The van der Waals surface area contributed by atoms with Crippen molar-refractivity contribution in [2.24, 2.45) is 0 Å². The van der Waals surface area contributed by atoms with Crippen LogP contribution in [-0.2, 0) is 11.3 Å². The first-order valence-corrected chi connectivity index (χ1v) is 3.04. The molecule has 1 rings (SSSR count). The quantitative estimate of drug-likeness (QED) is 0.606. The molecule has 0 aromatic carbocycles. The van der Waals surface area contributed by atoms with Gasteiger partial charge >= 0.3 is 5.69 Å². The Balaban J connectivity index is 2.50. The molecule has 56 valence electrons. The van der Waals surface area contributed by atoms with Crippen LogP contribution in [0.25, 0.3) is 0 Å². The summed E-state index contributed by atoms with van der Waals surface area (Å²) in [7, 11) is 0. The van der Waals surface area contributed by atoms with Crippen LogP contribution in [0, 0.1) is 0 Å². The van der Waals surface area contributed by atoms with Gasteiger partial charge in [-0.15, -0.1) is 0 Å². The minimum atomic E-state index is -0.297. The van der Waals surface area contributed by atoms with Crippen molar-refractivity contribution >= 4 is 0 Å². The van der Waals surface area contributed by atoms with Crippen LogP contribution in [-0.4, -0.2) is 21.8 Å². The Morgan fingerprint density at radius 1 is 1.70 bits per heavy atom. The van der Waals surface area contributed by atoms with Gasteiger partial charge in [0.05, 0.1) is 0 Å². The number of ether oxygens (including phenoxy) is 1. The van der Waals surface area contributed by atoms with Gasteiger partial charge in [0.1, 0.15) is 6.61 Å². The van der Waals surface area contributed by atoms with Gasteiger partial charge in [0.2, 0.25) is 0 Å². The predicted molar refractivity (Wildman–Crippen MR) is 34.5 cm³/mol. The van der Waals surface area contributed by atoms with Gasteiger partial charge in [0.15, 0.2) is 5.82 Å².